The summed E-state index contributed by atoms with van der Waals surface area (Å²) in [5.41, 5.74) is 4.19. The van der Waals surface area contributed by atoms with E-state index in [4.69, 9.17) is 4.74 Å². The Morgan fingerprint density at radius 2 is 1.71 bits per heavy atom. The van der Waals surface area contributed by atoms with Crippen molar-refractivity contribution in [1.82, 2.24) is 10.2 Å². The van der Waals surface area contributed by atoms with Crippen molar-refractivity contribution in [1.29, 1.82) is 0 Å². The van der Waals surface area contributed by atoms with E-state index in [1.165, 1.54) is 37.9 Å². The largest absolute Gasteiger partial charge is 0.377 e. The number of ether oxygens (including phenoxy) is 1. The van der Waals surface area contributed by atoms with Crippen LogP contribution < -0.4 is 10.6 Å². The summed E-state index contributed by atoms with van der Waals surface area (Å²) < 4.78 is 5.46. The Labute approximate surface area is 168 Å². The predicted octanol–water partition coefficient (Wildman–Crippen LogP) is 4.53. The fraction of sp³-hybridized carbons (Fsp3) is 0.435. The minimum absolute atomic E-state index is 0.207. The molecule has 2 N–H and O–H groups in total. The molecule has 3 rings (SSSR count). The molecule has 0 spiro atoms. The van der Waals surface area contributed by atoms with Crippen LogP contribution in [-0.4, -0.2) is 30.6 Å². The minimum Gasteiger partial charge on any atom is -0.377 e. The first-order valence-corrected chi connectivity index (χ1v) is 10.3. The number of para-hydroxylation sites is 1. The van der Waals surface area contributed by atoms with Crippen molar-refractivity contribution in [3.63, 3.8) is 0 Å². The van der Waals surface area contributed by atoms with Crippen LogP contribution in [0.5, 0.6) is 0 Å². The minimum atomic E-state index is -0.207. The molecular formula is C23H31N3O2. The molecule has 5 heteroatoms. The zero-order valence-electron chi connectivity index (χ0n) is 16.7. The van der Waals surface area contributed by atoms with Crippen molar-refractivity contribution in [2.45, 2.75) is 45.9 Å². The van der Waals surface area contributed by atoms with E-state index in [0.29, 0.717) is 19.8 Å². The molecule has 5 nitrogen and oxygen atoms in total. The lowest BCUT2D eigenvalue weighted by atomic mass is 10.1. The number of amides is 2. The summed E-state index contributed by atoms with van der Waals surface area (Å²) in [7, 11) is 0. The molecule has 1 aliphatic heterocycles. The van der Waals surface area contributed by atoms with Gasteiger partial charge in [0.25, 0.3) is 0 Å². The summed E-state index contributed by atoms with van der Waals surface area (Å²) in [4.78, 5) is 14.8. The van der Waals surface area contributed by atoms with Gasteiger partial charge < -0.3 is 15.4 Å². The van der Waals surface area contributed by atoms with E-state index in [9.17, 15) is 4.79 Å². The van der Waals surface area contributed by atoms with Gasteiger partial charge in [0.1, 0.15) is 0 Å². The van der Waals surface area contributed by atoms with E-state index in [0.717, 1.165) is 23.4 Å². The molecule has 2 aromatic carbocycles. The zero-order valence-corrected chi connectivity index (χ0v) is 16.7. The number of carbonyl (C=O) groups excluding carboxylic acids is 1. The molecule has 0 radical (unpaired) electrons. The molecule has 0 aliphatic carbocycles. The number of benzene rings is 2. The smallest absolute Gasteiger partial charge is 0.319 e. The molecule has 1 saturated heterocycles. The quantitative estimate of drug-likeness (QED) is 0.706. The number of rotatable bonds is 8. The third-order valence-corrected chi connectivity index (χ3v) is 5.06. The lowest BCUT2D eigenvalue weighted by molar-refractivity contribution is 0.134. The third-order valence-electron chi connectivity index (χ3n) is 5.06. The lowest BCUT2D eigenvalue weighted by Gasteiger charge is -2.26. The average molecular weight is 382 g/mol. The number of likely N-dealkylation sites (tertiary alicyclic amines) is 1. The van der Waals surface area contributed by atoms with Crippen LogP contribution in [0, 0.1) is 0 Å². The van der Waals surface area contributed by atoms with Crippen molar-refractivity contribution in [3.8, 4) is 0 Å². The summed E-state index contributed by atoms with van der Waals surface area (Å²) in [6.45, 7) is 7.02. The van der Waals surface area contributed by atoms with E-state index in [-0.39, 0.29) is 6.03 Å². The summed E-state index contributed by atoms with van der Waals surface area (Å²) in [5.74, 6) is 0. The van der Waals surface area contributed by atoms with Crippen LogP contribution in [-0.2, 0) is 24.4 Å². The van der Waals surface area contributed by atoms with Gasteiger partial charge in [0.15, 0.2) is 0 Å². The Hall–Kier alpha value is -2.37. The maximum atomic E-state index is 12.3. The van der Waals surface area contributed by atoms with Crippen LogP contribution in [0.1, 0.15) is 42.9 Å². The number of hydrogen-bond acceptors (Lipinski definition) is 3. The van der Waals surface area contributed by atoms with E-state index in [1.54, 1.807) is 0 Å². The molecular weight excluding hydrogens is 350 g/mol. The SMILES string of the molecule is CCOCc1ccccc1NC(=O)NCc1ccc(CN2CCCCC2)cc1. The molecule has 150 valence electrons. The van der Waals surface area contributed by atoms with Gasteiger partial charge >= 0.3 is 6.03 Å². The molecule has 0 saturated carbocycles. The Balaban J connectivity index is 1.47. The number of hydrogen-bond donors (Lipinski definition) is 2. The molecule has 1 fully saturated rings. The van der Waals surface area contributed by atoms with Crippen LogP contribution in [0.3, 0.4) is 0 Å². The maximum Gasteiger partial charge on any atom is 0.319 e. The van der Waals surface area contributed by atoms with Crippen LogP contribution >= 0.6 is 0 Å². The highest BCUT2D eigenvalue weighted by Crippen LogP contribution is 2.16. The summed E-state index contributed by atoms with van der Waals surface area (Å²) in [5, 5.41) is 5.85. The number of anilines is 1. The molecule has 0 atom stereocenters. The molecule has 28 heavy (non-hydrogen) atoms. The van der Waals surface area contributed by atoms with Gasteiger partial charge in [0.2, 0.25) is 0 Å². The summed E-state index contributed by atoms with van der Waals surface area (Å²) >= 11 is 0. The first-order chi connectivity index (χ1) is 13.7. The highest BCUT2D eigenvalue weighted by Gasteiger charge is 2.10. The molecule has 1 heterocycles. The van der Waals surface area contributed by atoms with Gasteiger partial charge in [-0.1, -0.05) is 48.9 Å². The Morgan fingerprint density at radius 3 is 2.46 bits per heavy atom. The van der Waals surface area contributed by atoms with Crippen molar-refractivity contribution < 1.29 is 9.53 Å². The number of nitrogens with zero attached hydrogens (tertiary/aromatic N) is 1. The average Bonchev–Trinajstić information content (AvgIpc) is 2.73. The van der Waals surface area contributed by atoms with Gasteiger partial charge in [-0.15, -0.1) is 0 Å². The standard InChI is InChI=1S/C23H31N3O2/c1-2-28-18-21-8-4-5-9-22(21)25-23(27)24-16-19-10-12-20(13-11-19)17-26-14-6-3-7-15-26/h4-5,8-13H,2-3,6-7,14-18H2,1H3,(H2,24,25,27). The third kappa shape index (κ3) is 6.36. The number of piperidine rings is 1. The van der Waals surface area contributed by atoms with Crippen molar-refractivity contribution >= 4 is 11.7 Å². The first kappa shape index (κ1) is 20.4. The van der Waals surface area contributed by atoms with E-state index < -0.39 is 0 Å². The molecule has 1 aliphatic rings. The Kier molecular flexibility index (Phi) is 7.88. The number of carbonyl (C=O) groups is 1. The second-order valence-corrected chi connectivity index (χ2v) is 7.26. The van der Waals surface area contributed by atoms with Crippen molar-refractivity contribution in [3.05, 3.63) is 65.2 Å². The van der Waals surface area contributed by atoms with Crippen molar-refractivity contribution in [2.24, 2.45) is 0 Å². The second kappa shape index (κ2) is 10.8. The monoisotopic (exact) mass is 381 g/mol. The highest BCUT2D eigenvalue weighted by atomic mass is 16.5. The van der Waals surface area contributed by atoms with Crippen molar-refractivity contribution in [2.75, 3.05) is 25.0 Å². The van der Waals surface area contributed by atoms with Crippen LogP contribution in [0.2, 0.25) is 0 Å². The molecule has 0 unspecified atom stereocenters. The van der Waals surface area contributed by atoms with Gasteiger partial charge in [-0.25, -0.2) is 4.79 Å². The van der Waals surface area contributed by atoms with Gasteiger partial charge in [0.05, 0.1) is 6.61 Å². The van der Waals surface area contributed by atoms with Gasteiger partial charge in [0, 0.05) is 30.9 Å². The maximum absolute atomic E-state index is 12.3. The topological polar surface area (TPSA) is 53.6 Å². The molecule has 2 aromatic rings. The summed E-state index contributed by atoms with van der Waals surface area (Å²) in [6, 6.07) is 16.0. The fourth-order valence-electron chi connectivity index (χ4n) is 3.47. The van der Waals surface area contributed by atoms with E-state index >= 15 is 0 Å². The second-order valence-electron chi connectivity index (χ2n) is 7.26. The number of urea groups is 1. The van der Waals surface area contributed by atoms with E-state index in [1.807, 2.05) is 31.2 Å². The zero-order chi connectivity index (χ0) is 19.6. The summed E-state index contributed by atoms with van der Waals surface area (Å²) in [6.07, 6.45) is 3.98. The van der Waals surface area contributed by atoms with E-state index in [2.05, 4.69) is 39.8 Å². The first-order valence-electron chi connectivity index (χ1n) is 10.3. The van der Waals surface area contributed by atoms with Crippen LogP contribution in [0.25, 0.3) is 0 Å². The number of nitrogens with one attached hydrogen (secondary N) is 2. The Morgan fingerprint density at radius 1 is 1.00 bits per heavy atom. The normalized spacial score (nSPS) is 14.6. The van der Waals surface area contributed by atoms with Crippen LogP contribution in [0.4, 0.5) is 10.5 Å². The Bertz CT molecular complexity index is 740. The fourth-order valence-corrected chi connectivity index (χ4v) is 3.47. The van der Waals surface area contributed by atoms with Crippen LogP contribution in [0.15, 0.2) is 48.5 Å². The molecule has 0 bridgehead atoms. The molecule has 2 amide bonds. The molecule has 0 aromatic heterocycles. The lowest BCUT2D eigenvalue weighted by Crippen LogP contribution is -2.29. The highest BCUT2D eigenvalue weighted by molar-refractivity contribution is 5.90. The predicted molar refractivity (Wildman–Crippen MR) is 113 cm³/mol. The van der Waals surface area contributed by atoms with Gasteiger partial charge in [-0.3, -0.25) is 4.90 Å². The van der Waals surface area contributed by atoms with Gasteiger partial charge in [-0.2, -0.15) is 0 Å². The van der Waals surface area contributed by atoms with Gasteiger partial charge in [-0.05, 0) is 50.0 Å².